The molecule has 0 bridgehead atoms. The minimum absolute atomic E-state index is 0.0531. The van der Waals surface area contributed by atoms with Gasteiger partial charge in [0.1, 0.15) is 11.8 Å². The van der Waals surface area contributed by atoms with Crippen LogP contribution < -0.4 is 10.5 Å². The number of methoxy groups -OCH3 is 1. The summed E-state index contributed by atoms with van der Waals surface area (Å²) in [6, 6.07) is 18.2. The molecular formula is C25H23N5O. The SMILES string of the molecule is CCN1CC=C2C(C#N)=C(N)C(C#N)(C#N)[C@H](c3ccc(OC)c4ccccc34)[C@H]2C1. The van der Waals surface area contributed by atoms with Crippen LogP contribution in [-0.4, -0.2) is 31.6 Å². The number of nitrogens with two attached hydrogens (primary N) is 1. The van der Waals surface area contributed by atoms with Crippen molar-refractivity contribution in [2.24, 2.45) is 17.1 Å². The van der Waals surface area contributed by atoms with Gasteiger partial charge in [0.15, 0.2) is 5.41 Å². The maximum absolute atomic E-state index is 10.3. The molecule has 0 spiro atoms. The van der Waals surface area contributed by atoms with Crippen molar-refractivity contribution in [3.8, 4) is 24.0 Å². The number of hydrogen-bond donors (Lipinski definition) is 1. The fourth-order valence-corrected chi connectivity index (χ4v) is 5.09. The summed E-state index contributed by atoms with van der Waals surface area (Å²) in [5, 5.41) is 32.3. The molecule has 2 N–H and O–H groups in total. The summed E-state index contributed by atoms with van der Waals surface area (Å²) in [4.78, 5) is 2.25. The zero-order chi connectivity index (χ0) is 22.2. The number of ether oxygens (including phenoxy) is 1. The molecule has 6 nitrogen and oxygen atoms in total. The van der Waals surface area contributed by atoms with Crippen molar-refractivity contribution in [2.75, 3.05) is 26.7 Å². The number of nitrogens with zero attached hydrogens (tertiary/aromatic N) is 4. The molecule has 2 aromatic carbocycles. The van der Waals surface area contributed by atoms with E-state index in [4.69, 9.17) is 10.5 Å². The summed E-state index contributed by atoms with van der Waals surface area (Å²) in [5.41, 5.74) is 6.83. The molecule has 0 saturated carbocycles. The summed E-state index contributed by atoms with van der Waals surface area (Å²) in [6.45, 7) is 4.28. The number of benzene rings is 2. The van der Waals surface area contributed by atoms with E-state index in [-0.39, 0.29) is 17.2 Å². The van der Waals surface area contributed by atoms with Crippen LogP contribution in [-0.2, 0) is 0 Å². The lowest BCUT2D eigenvalue weighted by molar-refractivity contribution is 0.215. The van der Waals surface area contributed by atoms with Gasteiger partial charge in [0, 0.05) is 30.3 Å². The number of nitriles is 3. The lowest BCUT2D eigenvalue weighted by Crippen LogP contribution is -2.48. The summed E-state index contributed by atoms with van der Waals surface area (Å²) < 4.78 is 5.54. The maximum Gasteiger partial charge on any atom is 0.191 e. The lowest BCUT2D eigenvalue weighted by Gasteiger charge is -2.45. The van der Waals surface area contributed by atoms with Gasteiger partial charge in [-0.05, 0) is 29.1 Å². The van der Waals surface area contributed by atoms with Crippen molar-refractivity contribution >= 4 is 10.8 Å². The second-order valence-electron chi connectivity index (χ2n) is 7.93. The second kappa shape index (κ2) is 7.80. The molecule has 0 fully saturated rings. The van der Waals surface area contributed by atoms with E-state index < -0.39 is 11.3 Å². The van der Waals surface area contributed by atoms with E-state index in [1.807, 2.05) is 42.5 Å². The average molecular weight is 409 g/mol. The molecule has 0 radical (unpaired) electrons. The highest BCUT2D eigenvalue weighted by Gasteiger charge is 2.54. The first-order valence-electron chi connectivity index (χ1n) is 10.3. The second-order valence-corrected chi connectivity index (χ2v) is 7.93. The van der Waals surface area contributed by atoms with Gasteiger partial charge in [0.05, 0.1) is 30.5 Å². The summed E-state index contributed by atoms with van der Waals surface area (Å²) >= 11 is 0. The fraction of sp³-hybridized carbons (Fsp3) is 0.320. The molecule has 2 aromatic rings. The molecular weight excluding hydrogens is 386 g/mol. The van der Waals surface area contributed by atoms with Gasteiger partial charge < -0.3 is 10.5 Å². The third-order valence-electron chi connectivity index (χ3n) is 6.66. The topological polar surface area (TPSA) is 110 Å². The predicted octanol–water partition coefficient (Wildman–Crippen LogP) is 3.59. The molecule has 1 aliphatic heterocycles. The van der Waals surface area contributed by atoms with Gasteiger partial charge in [-0.1, -0.05) is 43.3 Å². The largest absolute Gasteiger partial charge is 0.496 e. The molecule has 1 aliphatic carbocycles. The summed E-state index contributed by atoms with van der Waals surface area (Å²) in [7, 11) is 1.62. The van der Waals surface area contributed by atoms with Crippen molar-refractivity contribution in [2.45, 2.75) is 12.8 Å². The van der Waals surface area contributed by atoms with Crippen LogP contribution in [0.1, 0.15) is 18.4 Å². The van der Waals surface area contributed by atoms with E-state index >= 15 is 0 Å². The van der Waals surface area contributed by atoms with Crippen LogP contribution in [0.5, 0.6) is 5.75 Å². The number of hydrogen-bond acceptors (Lipinski definition) is 6. The van der Waals surface area contributed by atoms with Crippen molar-refractivity contribution < 1.29 is 4.74 Å². The molecule has 0 saturated heterocycles. The Morgan fingerprint density at radius 1 is 1.13 bits per heavy atom. The monoisotopic (exact) mass is 409 g/mol. The van der Waals surface area contributed by atoms with E-state index in [9.17, 15) is 15.8 Å². The average Bonchev–Trinajstić information content (AvgIpc) is 2.82. The van der Waals surface area contributed by atoms with Crippen LogP contribution in [0, 0.1) is 45.3 Å². The van der Waals surface area contributed by atoms with Gasteiger partial charge in [-0.15, -0.1) is 0 Å². The van der Waals surface area contributed by atoms with Crippen LogP contribution >= 0.6 is 0 Å². The Hall–Kier alpha value is -3.79. The first-order chi connectivity index (χ1) is 15.1. The van der Waals surface area contributed by atoms with Crippen molar-refractivity contribution in [1.29, 1.82) is 15.8 Å². The van der Waals surface area contributed by atoms with E-state index in [0.717, 1.165) is 34.2 Å². The third-order valence-corrected chi connectivity index (χ3v) is 6.66. The van der Waals surface area contributed by atoms with Crippen LogP contribution in [0.3, 0.4) is 0 Å². The van der Waals surface area contributed by atoms with Crippen molar-refractivity contribution in [3.63, 3.8) is 0 Å². The molecule has 4 rings (SSSR count). The van der Waals surface area contributed by atoms with E-state index in [0.29, 0.717) is 13.1 Å². The first kappa shape index (κ1) is 20.5. The Morgan fingerprint density at radius 2 is 1.84 bits per heavy atom. The molecule has 0 aromatic heterocycles. The summed E-state index contributed by atoms with van der Waals surface area (Å²) in [5.74, 6) is 0.00764. The zero-order valence-corrected chi connectivity index (χ0v) is 17.6. The number of rotatable bonds is 3. The highest BCUT2D eigenvalue weighted by molar-refractivity contribution is 5.92. The Labute approximate surface area is 182 Å². The minimum atomic E-state index is -1.64. The molecule has 1 heterocycles. The van der Waals surface area contributed by atoms with E-state index in [2.05, 4.69) is 30.0 Å². The number of likely N-dealkylation sites (N-methyl/N-ethyl adjacent to an activating group) is 1. The van der Waals surface area contributed by atoms with Gasteiger partial charge in [-0.3, -0.25) is 4.90 Å². The van der Waals surface area contributed by atoms with Gasteiger partial charge >= 0.3 is 0 Å². The number of fused-ring (bicyclic) bond motifs is 2. The van der Waals surface area contributed by atoms with Crippen LogP contribution in [0.15, 0.2) is 59.3 Å². The predicted molar refractivity (Wildman–Crippen MR) is 117 cm³/mol. The van der Waals surface area contributed by atoms with Crippen LogP contribution in [0.25, 0.3) is 10.8 Å². The van der Waals surface area contributed by atoms with Gasteiger partial charge in [-0.25, -0.2) is 0 Å². The van der Waals surface area contributed by atoms with Crippen LogP contribution in [0.2, 0.25) is 0 Å². The van der Waals surface area contributed by atoms with Gasteiger partial charge in [0.2, 0.25) is 0 Å². The van der Waals surface area contributed by atoms with Gasteiger partial charge in [0.25, 0.3) is 0 Å². The molecule has 6 heteroatoms. The van der Waals surface area contributed by atoms with Gasteiger partial charge in [-0.2, -0.15) is 15.8 Å². The van der Waals surface area contributed by atoms with Crippen molar-refractivity contribution in [3.05, 3.63) is 64.9 Å². The van der Waals surface area contributed by atoms with E-state index in [1.54, 1.807) is 7.11 Å². The zero-order valence-electron chi connectivity index (χ0n) is 17.6. The molecule has 2 aliphatic rings. The Morgan fingerprint density at radius 3 is 2.45 bits per heavy atom. The Balaban J connectivity index is 2.08. The maximum atomic E-state index is 10.3. The normalized spacial score (nSPS) is 22.6. The smallest absolute Gasteiger partial charge is 0.191 e. The third kappa shape index (κ3) is 2.87. The fourth-order valence-electron chi connectivity index (χ4n) is 5.09. The highest BCUT2D eigenvalue weighted by Crippen LogP contribution is 2.55. The Kier molecular flexibility index (Phi) is 5.15. The quantitative estimate of drug-likeness (QED) is 0.829. The standard InChI is InChI=1S/C25H23N5O/c1-3-30-11-10-17-20(12-26)24(29)25(14-27,15-28)23(21(17)13-30)19-8-9-22(31-2)18-7-5-4-6-16(18)19/h4-10,21,23H,3,11,13,29H2,1-2H3/t21-,23+/m0/s1. The highest BCUT2D eigenvalue weighted by atomic mass is 16.5. The number of allylic oxidation sites excluding steroid dienone is 2. The summed E-state index contributed by atoms with van der Waals surface area (Å²) in [6.07, 6.45) is 2.03. The minimum Gasteiger partial charge on any atom is -0.496 e. The van der Waals surface area contributed by atoms with Crippen molar-refractivity contribution in [1.82, 2.24) is 4.90 Å². The molecule has 154 valence electrons. The first-order valence-corrected chi connectivity index (χ1v) is 10.3. The van der Waals surface area contributed by atoms with E-state index in [1.165, 1.54) is 0 Å². The lowest BCUT2D eigenvalue weighted by atomic mass is 9.57. The molecule has 31 heavy (non-hydrogen) atoms. The molecule has 0 unspecified atom stereocenters. The van der Waals surface area contributed by atoms with Crippen LogP contribution in [0.4, 0.5) is 0 Å². The molecule has 0 amide bonds. The Bertz CT molecular complexity index is 1220. The molecule has 2 atom stereocenters.